The largest absolute Gasteiger partial charge is 0.317 e. The number of hydrogen-bond acceptors (Lipinski definition) is 2. The average Bonchev–Trinajstić information content (AvgIpc) is 2.18. The summed E-state index contributed by atoms with van der Waals surface area (Å²) < 4.78 is 0. The van der Waals surface area contributed by atoms with Crippen LogP contribution in [0.25, 0.3) is 0 Å². The lowest BCUT2D eigenvalue weighted by Crippen LogP contribution is -2.41. The molecular formula is C12H26N2. The van der Waals surface area contributed by atoms with Gasteiger partial charge in [0.15, 0.2) is 0 Å². The zero-order valence-electron chi connectivity index (χ0n) is 10.1. The second-order valence-corrected chi connectivity index (χ2v) is 4.75. The van der Waals surface area contributed by atoms with Gasteiger partial charge >= 0.3 is 0 Å². The van der Waals surface area contributed by atoms with E-state index in [-0.39, 0.29) is 0 Å². The SMILES string of the molecule is CCNCC(C)CN1CCCCC1C. The van der Waals surface area contributed by atoms with Crippen molar-refractivity contribution < 1.29 is 0 Å². The Hall–Kier alpha value is -0.0800. The minimum Gasteiger partial charge on any atom is -0.317 e. The van der Waals surface area contributed by atoms with Crippen molar-refractivity contribution in [1.29, 1.82) is 0 Å². The monoisotopic (exact) mass is 198 g/mol. The first-order valence-electron chi connectivity index (χ1n) is 6.18. The highest BCUT2D eigenvalue weighted by Crippen LogP contribution is 2.17. The zero-order chi connectivity index (χ0) is 10.4. The van der Waals surface area contributed by atoms with Crippen molar-refractivity contribution in [2.24, 2.45) is 5.92 Å². The topological polar surface area (TPSA) is 15.3 Å². The zero-order valence-corrected chi connectivity index (χ0v) is 10.1. The number of hydrogen-bond donors (Lipinski definition) is 1. The molecule has 2 atom stereocenters. The van der Waals surface area contributed by atoms with Crippen LogP contribution in [0.4, 0.5) is 0 Å². The standard InChI is InChI=1S/C12H26N2/c1-4-13-9-11(2)10-14-8-6-5-7-12(14)3/h11-13H,4-10H2,1-3H3. The fourth-order valence-electron chi connectivity index (χ4n) is 2.28. The van der Waals surface area contributed by atoms with Crippen LogP contribution < -0.4 is 5.32 Å². The number of likely N-dealkylation sites (tertiary alicyclic amines) is 1. The molecule has 1 rings (SSSR count). The van der Waals surface area contributed by atoms with Crippen molar-refractivity contribution in [3.8, 4) is 0 Å². The normalized spacial score (nSPS) is 26.4. The van der Waals surface area contributed by atoms with Gasteiger partial charge in [-0.2, -0.15) is 0 Å². The highest BCUT2D eigenvalue weighted by Gasteiger charge is 2.19. The number of nitrogens with zero attached hydrogens (tertiary/aromatic N) is 1. The Morgan fingerprint density at radius 1 is 1.43 bits per heavy atom. The number of rotatable bonds is 5. The van der Waals surface area contributed by atoms with Crippen LogP contribution in [0.3, 0.4) is 0 Å². The third-order valence-corrected chi connectivity index (χ3v) is 3.23. The van der Waals surface area contributed by atoms with E-state index in [1.54, 1.807) is 0 Å². The molecule has 2 unspecified atom stereocenters. The molecule has 84 valence electrons. The molecular weight excluding hydrogens is 172 g/mol. The van der Waals surface area contributed by atoms with Crippen molar-refractivity contribution in [2.75, 3.05) is 26.2 Å². The number of piperidine rings is 1. The lowest BCUT2D eigenvalue weighted by atomic mass is 10.0. The van der Waals surface area contributed by atoms with Crippen LogP contribution in [-0.2, 0) is 0 Å². The van der Waals surface area contributed by atoms with Crippen molar-refractivity contribution in [1.82, 2.24) is 10.2 Å². The molecule has 0 aromatic heterocycles. The van der Waals surface area contributed by atoms with Gasteiger partial charge in [-0.15, -0.1) is 0 Å². The molecule has 0 aromatic rings. The van der Waals surface area contributed by atoms with E-state index in [0.717, 1.165) is 18.5 Å². The maximum atomic E-state index is 3.43. The van der Waals surface area contributed by atoms with Gasteiger partial charge in [0.2, 0.25) is 0 Å². The van der Waals surface area contributed by atoms with Gasteiger partial charge < -0.3 is 10.2 Å². The van der Waals surface area contributed by atoms with Gasteiger partial charge in [-0.25, -0.2) is 0 Å². The van der Waals surface area contributed by atoms with Crippen molar-refractivity contribution in [3.63, 3.8) is 0 Å². The molecule has 0 bridgehead atoms. The lowest BCUT2D eigenvalue weighted by molar-refractivity contribution is 0.139. The summed E-state index contributed by atoms with van der Waals surface area (Å²) >= 11 is 0. The number of nitrogens with one attached hydrogen (secondary N) is 1. The van der Waals surface area contributed by atoms with Gasteiger partial charge in [0.25, 0.3) is 0 Å². The van der Waals surface area contributed by atoms with E-state index in [1.807, 2.05) is 0 Å². The molecule has 1 N–H and O–H groups in total. The van der Waals surface area contributed by atoms with Crippen molar-refractivity contribution in [2.45, 2.75) is 46.1 Å². The summed E-state index contributed by atoms with van der Waals surface area (Å²) in [5, 5.41) is 3.43. The molecule has 0 saturated carbocycles. The minimum absolute atomic E-state index is 0.787. The van der Waals surface area contributed by atoms with Crippen LogP contribution in [0.1, 0.15) is 40.0 Å². The second-order valence-electron chi connectivity index (χ2n) is 4.75. The Labute approximate surface area is 89.1 Å². The quantitative estimate of drug-likeness (QED) is 0.728. The maximum Gasteiger partial charge on any atom is 0.00670 e. The summed E-state index contributed by atoms with van der Waals surface area (Å²) in [4.78, 5) is 2.66. The van der Waals surface area contributed by atoms with Gasteiger partial charge in [-0.1, -0.05) is 20.3 Å². The fourth-order valence-corrected chi connectivity index (χ4v) is 2.28. The van der Waals surface area contributed by atoms with E-state index in [0.29, 0.717) is 0 Å². The molecule has 0 aromatic carbocycles. The minimum atomic E-state index is 0.787. The van der Waals surface area contributed by atoms with Crippen LogP contribution in [0.2, 0.25) is 0 Å². The van der Waals surface area contributed by atoms with Gasteiger partial charge in [0, 0.05) is 12.6 Å². The van der Waals surface area contributed by atoms with E-state index in [4.69, 9.17) is 0 Å². The van der Waals surface area contributed by atoms with Gasteiger partial charge in [0.1, 0.15) is 0 Å². The third kappa shape index (κ3) is 3.97. The molecule has 0 aliphatic carbocycles. The maximum absolute atomic E-state index is 3.43. The first-order chi connectivity index (χ1) is 6.74. The molecule has 2 nitrogen and oxygen atoms in total. The van der Waals surface area contributed by atoms with E-state index in [1.165, 1.54) is 38.9 Å². The van der Waals surface area contributed by atoms with E-state index >= 15 is 0 Å². The summed E-state index contributed by atoms with van der Waals surface area (Å²) in [7, 11) is 0. The lowest BCUT2D eigenvalue weighted by Gasteiger charge is -2.35. The second kappa shape index (κ2) is 6.41. The highest BCUT2D eigenvalue weighted by atomic mass is 15.2. The average molecular weight is 198 g/mol. The summed E-state index contributed by atoms with van der Waals surface area (Å²) in [6.45, 7) is 11.8. The van der Waals surface area contributed by atoms with E-state index in [2.05, 4.69) is 31.0 Å². The molecule has 1 aliphatic heterocycles. The Morgan fingerprint density at radius 3 is 2.86 bits per heavy atom. The summed E-state index contributed by atoms with van der Waals surface area (Å²) in [5.41, 5.74) is 0. The van der Waals surface area contributed by atoms with Crippen LogP contribution in [-0.4, -0.2) is 37.1 Å². The van der Waals surface area contributed by atoms with Gasteiger partial charge in [-0.05, 0) is 45.3 Å². The summed E-state index contributed by atoms with van der Waals surface area (Å²) in [6, 6.07) is 0.813. The Bertz CT molecular complexity index is 147. The van der Waals surface area contributed by atoms with Gasteiger partial charge in [0.05, 0.1) is 0 Å². The molecule has 0 amide bonds. The van der Waals surface area contributed by atoms with E-state index in [9.17, 15) is 0 Å². The predicted molar refractivity (Wildman–Crippen MR) is 62.6 cm³/mol. The first kappa shape index (κ1) is 12.0. The fraction of sp³-hybridized carbons (Fsp3) is 1.00. The Kier molecular flexibility index (Phi) is 5.49. The Morgan fingerprint density at radius 2 is 2.21 bits per heavy atom. The molecule has 1 heterocycles. The van der Waals surface area contributed by atoms with Crippen molar-refractivity contribution in [3.05, 3.63) is 0 Å². The molecule has 0 spiro atoms. The molecule has 1 aliphatic rings. The van der Waals surface area contributed by atoms with Crippen LogP contribution in [0, 0.1) is 5.92 Å². The molecule has 2 heteroatoms. The molecule has 1 saturated heterocycles. The predicted octanol–water partition coefficient (Wildman–Crippen LogP) is 2.11. The van der Waals surface area contributed by atoms with E-state index < -0.39 is 0 Å². The van der Waals surface area contributed by atoms with Crippen LogP contribution >= 0.6 is 0 Å². The Balaban J connectivity index is 2.20. The first-order valence-corrected chi connectivity index (χ1v) is 6.18. The highest BCUT2D eigenvalue weighted by molar-refractivity contribution is 4.75. The third-order valence-electron chi connectivity index (χ3n) is 3.23. The molecule has 14 heavy (non-hydrogen) atoms. The van der Waals surface area contributed by atoms with Crippen molar-refractivity contribution >= 4 is 0 Å². The molecule has 0 radical (unpaired) electrons. The smallest absolute Gasteiger partial charge is 0.00670 e. The van der Waals surface area contributed by atoms with Crippen LogP contribution in [0.15, 0.2) is 0 Å². The van der Waals surface area contributed by atoms with Crippen LogP contribution in [0.5, 0.6) is 0 Å². The molecule has 1 fully saturated rings. The summed E-state index contributed by atoms with van der Waals surface area (Å²) in [6.07, 6.45) is 4.23. The summed E-state index contributed by atoms with van der Waals surface area (Å²) in [5.74, 6) is 0.787. The van der Waals surface area contributed by atoms with Gasteiger partial charge in [-0.3, -0.25) is 0 Å².